The molecular formula is C54H34N6. The number of aromatic nitrogens is 5. The molecule has 1 aliphatic rings. The first-order valence-corrected chi connectivity index (χ1v) is 20.2. The van der Waals surface area contributed by atoms with E-state index in [2.05, 4.69) is 168 Å². The predicted molar refractivity (Wildman–Crippen MR) is 244 cm³/mol. The lowest BCUT2D eigenvalue weighted by Gasteiger charge is -2.12. The van der Waals surface area contributed by atoms with Gasteiger partial charge >= 0.3 is 0 Å². The maximum Gasteiger partial charge on any atom is 0.164 e. The quantitative estimate of drug-likeness (QED) is 0.158. The second-order valence-electron chi connectivity index (χ2n) is 15.2. The van der Waals surface area contributed by atoms with Gasteiger partial charge < -0.3 is 4.57 Å². The molecule has 0 N–H and O–H groups in total. The van der Waals surface area contributed by atoms with Gasteiger partial charge in [0.2, 0.25) is 0 Å². The Morgan fingerprint density at radius 3 is 1.50 bits per heavy atom. The lowest BCUT2D eigenvalue weighted by molar-refractivity contribution is 1.07. The van der Waals surface area contributed by atoms with Crippen LogP contribution in [-0.4, -0.2) is 31.0 Å². The first kappa shape index (κ1) is 34.0. The zero-order valence-electron chi connectivity index (χ0n) is 32.4. The first-order chi connectivity index (χ1) is 29.7. The fourth-order valence-electron chi connectivity index (χ4n) is 8.77. The lowest BCUT2D eigenvalue weighted by atomic mass is 9.97. The van der Waals surface area contributed by atoms with Crippen LogP contribution < -0.4 is 10.6 Å². The van der Waals surface area contributed by atoms with Crippen LogP contribution in [-0.2, 0) is 0 Å². The number of nitrogens with zero attached hydrogens (tertiary/aromatic N) is 6. The monoisotopic (exact) mass is 766 g/mol. The summed E-state index contributed by atoms with van der Waals surface area (Å²) in [5.74, 6) is 1.88. The minimum atomic E-state index is 0.623. The number of rotatable bonds is 6. The molecule has 6 nitrogen and oxygen atoms in total. The van der Waals surface area contributed by atoms with E-state index >= 15 is 0 Å². The van der Waals surface area contributed by atoms with E-state index in [0.717, 1.165) is 73.0 Å². The number of para-hydroxylation sites is 3. The lowest BCUT2D eigenvalue weighted by Crippen LogP contribution is -2.22. The summed E-state index contributed by atoms with van der Waals surface area (Å²) in [5, 5.41) is 8.17. The van der Waals surface area contributed by atoms with Crippen LogP contribution in [0.5, 0.6) is 0 Å². The molecule has 8 aromatic carbocycles. The Morgan fingerprint density at radius 2 is 0.867 bits per heavy atom. The molecule has 0 saturated heterocycles. The summed E-state index contributed by atoms with van der Waals surface area (Å²) >= 11 is 0. The van der Waals surface area contributed by atoms with Crippen molar-refractivity contribution in [3.05, 3.63) is 199 Å². The summed E-state index contributed by atoms with van der Waals surface area (Å²) in [6.07, 6.45) is 2.19. The van der Waals surface area contributed by atoms with Crippen LogP contribution in [0.2, 0.25) is 0 Å². The Balaban J connectivity index is 0.889. The van der Waals surface area contributed by atoms with Crippen molar-refractivity contribution in [2.24, 2.45) is 4.99 Å². The molecule has 0 atom stereocenters. The number of fused-ring (bicyclic) bond motifs is 8. The number of benzene rings is 8. The topological polar surface area (TPSA) is 68.8 Å². The fraction of sp³-hybridized carbons (Fsp3) is 0.0185. The van der Waals surface area contributed by atoms with Crippen molar-refractivity contribution in [2.75, 3.05) is 6.54 Å². The van der Waals surface area contributed by atoms with Crippen LogP contribution in [0.4, 0.5) is 0 Å². The van der Waals surface area contributed by atoms with Crippen LogP contribution >= 0.6 is 0 Å². The molecule has 0 spiro atoms. The highest BCUT2D eigenvalue weighted by Gasteiger charge is 2.17. The number of hydrogen-bond donors (Lipinski definition) is 0. The molecular weight excluding hydrogens is 733 g/mol. The second kappa shape index (κ2) is 13.8. The third-order valence-corrected chi connectivity index (χ3v) is 11.7. The van der Waals surface area contributed by atoms with Gasteiger partial charge in [0.25, 0.3) is 0 Å². The van der Waals surface area contributed by atoms with Crippen LogP contribution in [0.3, 0.4) is 0 Å². The molecule has 11 aromatic rings. The Bertz CT molecular complexity index is 3540. The molecule has 0 amide bonds. The summed E-state index contributed by atoms with van der Waals surface area (Å²) in [6, 6.07) is 65.7. The highest BCUT2D eigenvalue weighted by molar-refractivity contribution is 6.11. The van der Waals surface area contributed by atoms with Gasteiger partial charge in [0.15, 0.2) is 17.5 Å². The summed E-state index contributed by atoms with van der Waals surface area (Å²) in [6.45, 7) is 0.718. The van der Waals surface area contributed by atoms with Crippen molar-refractivity contribution in [1.82, 2.24) is 24.5 Å². The zero-order valence-corrected chi connectivity index (χ0v) is 32.4. The summed E-state index contributed by atoms with van der Waals surface area (Å²) in [5.41, 5.74) is 11.4. The smallest absolute Gasteiger partial charge is 0.164 e. The second-order valence-corrected chi connectivity index (χ2v) is 15.2. The normalized spacial score (nSPS) is 12.2. The Labute approximate surface area is 345 Å². The van der Waals surface area contributed by atoms with Crippen molar-refractivity contribution < 1.29 is 0 Å². The first-order valence-electron chi connectivity index (χ1n) is 20.2. The van der Waals surface area contributed by atoms with Crippen LogP contribution in [0.25, 0.3) is 112 Å². The van der Waals surface area contributed by atoms with Crippen molar-refractivity contribution in [3.63, 3.8) is 0 Å². The van der Waals surface area contributed by atoms with Gasteiger partial charge in [-0.1, -0.05) is 152 Å². The van der Waals surface area contributed by atoms with Crippen LogP contribution in [0, 0.1) is 0 Å². The third-order valence-electron chi connectivity index (χ3n) is 11.7. The highest BCUT2D eigenvalue weighted by Crippen LogP contribution is 2.35. The van der Waals surface area contributed by atoms with Gasteiger partial charge in [-0.2, -0.15) is 0 Å². The van der Waals surface area contributed by atoms with Gasteiger partial charge in [-0.05, 0) is 58.8 Å². The molecule has 0 bridgehead atoms. The van der Waals surface area contributed by atoms with E-state index in [9.17, 15) is 0 Å². The molecule has 6 heteroatoms. The van der Waals surface area contributed by atoms with Gasteiger partial charge in [-0.3, -0.25) is 4.99 Å². The highest BCUT2D eigenvalue weighted by atomic mass is 15.0. The van der Waals surface area contributed by atoms with Crippen molar-refractivity contribution >= 4 is 49.6 Å². The molecule has 0 saturated carbocycles. The molecule has 3 aromatic heterocycles. The van der Waals surface area contributed by atoms with Gasteiger partial charge in [0.05, 0.1) is 34.1 Å². The predicted octanol–water partition coefficient (Wildman–Crippen LogP) is 11.4. The van der Waals surface area contributed by atoms with Gasteiger partial charge in [0, 0.05) is 54.9 Å². The molecule has 0 radical (unpaired) electrons. The average molecular weight is 767 g/mol. The maximum absolute atomic E-state index is 5.17. The third kappa shape index (κ3) is 5.61. The molecule has 0 aliphatic carbocycles. The van der Waals surface area contributed by atoms with Gasteiger partial charge in [-0.25, -0.2) is 19.9 Å². The molecule has 0 fully saturated rings. The van der Waals surface area contributed by atoms with E-state index in [1.165, 1.54) is 32.4 Å². The van der Waals surface area contributed by atoms with Crippen molar-refractivity contribution in [2.45, 2.75) is 0 Å². The molecule has 0 unspecified atom stereocenters. The number of hydrogen-bond acceptors (Lipinski definition) is 5. The Hall–Kier alpha value is -8.09. The summed E-state index contributed by atoms with van der Waals surface area (Å²) in [7, 11) is 0. The van der Waals surface area contributed by atoms with E-state index in [-0.39, 0.29) is 0 Å². The van der Waals surface area contributed by atoms with E-state index in [4.69, 9.17) is 24.9 Å². The van der Waals surface area contributed by atoms with Crippen molar-refractivity contribution in [3.8, 4) is 62.2 Å². The number of pyridine rings is 1. The van der Waals surface area contributed by atoms with Gasteiger partial charge in [0.1, 0.15) is 0 Å². The maximum atomic E-state index is 5.17. The Morgan fingerprint density at radius 1 is 0.367 bits per heavy atom. The minimum absolute atomic E-state index is 0.623. The zero-order chi connectivity index (χ0) is 39.6. The fourth-order valence-corrected chi connectivity index (χ4v) is 8.77. The average Bonchev–Trinajstić information content (AvgIpc) is 3.95. The summed E-state index contributed by atoms with van der Waals surface area (Å²) < 4.78 is 2.32. The molecule has 4 heterocycles. The molecule has 12 rings (SSSR count). The van der Waals surface area contributed by atoms with E-state index in [1.54, 1.807) is 0 Å². The standard InChI is InChI=1S/C54H34N6/c1-2-10-38(11-3-1)52-57-53(59-54(58-52)40-26-29-41(30-27-40)60-47-16-8-5-12-42(47)43-13-6-9-17-48(43)60)39-24-20-35(21-25-39)34-18-22-36(23-19-34)50-45-31-28-37-32-33-55-51(37)49(45)44-14-4-7-15-46(44)56-50/h1-32H,33H2. The largest absolute Gasteiger partial charge is 0.309 e. The van der Waals surface area contributed by atoms with Crippen molar-refractivity contribution in [1.29, 1.82) is 0 Å². The summed E-state index contributed by atoms with van der Waals surface area (Å²) in [4.78, 5) is 25.1. The molecule has 1 aliphatic heterocycles. The molecule has 280 valence electrons. The van der Waals surface area contributed by atoms with E-state index in [1.807, 2.05) is 30.3 Å². The van der Waals surface area contributed by atoms with Crippen LogP contribution in [0.1, 0.15) is 0 Å². The van der Waals surface area contributed by atoms with E-state index < -0.39 is 0 Å². The minimum Gasteiger partial charge on any atom is -0.309 e. The van der Waals surface area contributed by atoms with Crippen LogP contribution in [0.15, 0.2) is 193 Å². The SMILES string of the molecule is C1=c2ccc3c(-c4ccc(-c5ccc(-c6nc(-c7ccccc7)nc(-c7ccc(-n8c9ccccc9c9ccccc98)cc7)n6)cc5)cc4)nc4ccccc4c3c2=NC1. The van der Waals surface area contributed by atoms with E-state index in [0.29, 0.717) is 17.5 Å². The molecule has 60 heavy (non-hydrogen) atoms. The van der Waals surface area contributed by atoms with Gasteiger partial charge in [-0.15, -0.1) is 0 Å². The Kier molecular flexibility index (Phi) is 7.81.